The van der Waals surface area contributed by atoms with Crippen molar-refractivity contribution in [2.24, 2.45) is 0 Å². The second kappa shape index (κ2) is 13.2. The summed E-state index contributed by atoms with van der Waals surface area (Å²) in [5.41, 5.74) is 2.81. The molecule has 0 aromatic heterocycles. The van der Waals surface area contributed by atoms with Crippen molar-refractivity contribution in [2.75, 3.05) is 12.3 Å². The van der Waals surface area contributed by atoms with Crippen LogP contribution in [-0.2, 0) is 28.3 Å². The average Bonchev–Trinajstić information content (AvgIpc) is 2.84. The van der Waals surface area contributed by atoms with Crippen molar-refractivity contribution in [2.45, 2.75) is 31.7 Å². The Morgan fingerprint density at radius 2 is 1.59 bits per heavy atom. The van der Waals surface area contributed by atoms with Crippen LogP contribution in [0.15, 0.2) is 78.9 Å². The van der Waals surface area contributed by atoms with E-state index in [2.05, 4.69) is 5.32 Å². The van der Waals surface area contributed by atoms with Gasteiger partial charge in [0.2, 0.25) is 11.8 Å². The van der Waals surface area contributed by atoms with E-state index in [1.165, 1.54) is 23.9 Å². The first-order chi connectivity index (χ1) is 16.5. The molecule has 0 heterocycles. The van der Waals surface area contributed by atoms with Crippen LogP contribution in [0.3, 0.4) is 0 Å². The van der Waals surface area contributed by atoms with Gasteiger partial charge in [-0.25, -0.2) is 4.39 Å². The van der Waals surface area contributed by atoms with Gasteiger partial charge in [0.1, 0.15) is 11.9 Å². The van der Waals surface area contributed by atoms with Crippen molar-refractivity contribution in [3.63, 3.8) is 0 Å². The second-order valence-corrected chi connectivity index (χ2v) is 9.29. The first-order valence-corrected chi connectivity index (χ1v) is 12.7. The summed E-state index contributed by atoms with van der Waals surface area (Å²) in [6, 6.07) is 22.6. The van der Waals surface area contributed by atoms with Gasteiger partial charge in [-0.05, 0) is 47.9 Å². The number of rotatable bonds is 11. The van der Waals surface area contributed by atoms with E-state index in [-0.39, 0.29) is 23.4 Å². The molecule has 4 nitrogen and oxygen atoms in total. The van der Waals surface area contributed by atoms with E-state index >= 15 is 0 Å². The lowest BCUT2D eigenvalue weighted by Crippen LogP contribution is -2.51. The van der Waals surface area contributed by atoms with E-state index < -0.39 is 6.04 Å². The van der Waals surface area contributed by atoms with E-state index in [0.29, 0.717) is 30.3 Å². The first kappa shape index (κ1) is 25.8. The highest BCUT2D eigenvalue weighted by Crippen LogP contribution is 2.19. The average molecular weight is 499 g/mol. The third-order valence-corrected chi connectivity index (χ3v) is 6.54. The van der Waals surface area contributed by atoms with E-state index in [1.807, 2.05) is 49.4 Å². The van der Waals surface area contributed by atoms with Crippen molar-refractivity contribution >= 4 is 35.2 Å². The Hall–Kier alpha value is -2.83. The smallest absolute Gasteiger partial charge is 0.243 e. The number of likely N-dealkylation sites (N-methyl/N-ethyl adjacent to an activating group) is 1. The maximum Gasteiger partial charge on any atom is 0.243 e. The molecule has 0 fully saturated rings. The van der Waals surface area contributed by atoms with Crippen molar-refractivity contribution < 1.29 is 14.0 Å². The molecule has 0 saturated carbocycles. The van der Waals surface area contributed by atoms with Gasteiger partial charge in [-0.3, -0.25) is 9.59 Å². The van der Waals surface area contributed by atoms with Gasteiger partial charge in [0.15, 0.2) is 0 Å². The highest BCUT2D eigenvalue weighted by atomic mass is 35.5. The number of carbonyl (C=O) groups excluding carboxylic acids is 2. The summed E-state index contributed by atoms with van der Waals surface area (Å²) in [6.07, 6.45) is 0.411. The van der Waals surface area contributed by atoms with Gasteiger partial charge < -0.3 is 10.2 Å². The van der Waals surface area contributed by atoms with E-state index in [0.717, 1.165) is 16.7 Å². The number of amides is 2. The minimum absolute atomic E-state index is 0.130. The molecule has 1 atom stereocenters. The Kier molecular flexibility index (Phi) is 9.98. The first-order valence-electron chi connectivity index (χ1n) is 11.1. The molecule has 7 heteroatoms. The molecular weight excluding hydrogens is 471 g/mol. The number of thioether (sulfide) groups is 1. The van der Waals surface area contributed by atoms with Crippen LogP contribution in [0.5, 0.6) is 0 Å². The summed E-state index contributed by atoms with van der Waals surface area (Å²) in [4.78, 5) is 28.2. The number of hydrogen-bond acceptors (Lipinski definition) is 3. The van der Waals surface area contributed by atoms with Crippen molar-refractivity contribution in [1.29, 1.82) is 0 Å². The highest BCUT2D eigenvalue weighted by molar-refractivity contribution is 7.99. The summed E-state index contributed by atoms with van der Waals surface area (Å²) in [6.45, 7) is 2.63. The largest absolute Gasteiger partial charge is 0.355 e. The number of nitrogens with one attached hydrogen (secondary N) is 1. The normalized spacial score (nSPS) is 11.6. The zero-order chi connectivity index (χ0) is 24.3. The van der Waals surface area contributed by atoms with Gasteiger partial charge in [-0.1, -0.05) is 66.2 Å². The number of hydrogen-bond donors (Lipinski definition) is 1. The molecule has 0 aliphatic carbocycles. The number of benzene rings is 3. The molecule has 3 aromatic carbocycles. The Labute approximate surface area is 209 Å². The maximum absolute atomic E-state index is 13.4. The van der Waals surface area contributed by atoms with E-state index in [1.54, 1.807) is 29.2 Å². The summed E-state index contributed by atoms with van der Waals surface area (Å²) < 4.78 is 13.2. The van der Waals surface area contributed by atoms with Gasteiger partial charge in [0.25, 0.3) is 0 Å². The van der Waals surface area contributed by atoms with Gasteiger partial charge in [0.05, 0.1) is 5.75 Å². The molecule has 0 bridgehead atoms. The SMILES string of the molecule is CCNC(=O)[C@H](Cc1ccccc1)N(Cc1ccc(Cl)cc1)C(=O)CSCc1ccc(F)cc1. The molecular formula is C27H28ClFN2O2S. The highest BCUT2D eigenvalue weighted by Gasteiger charge is 2.30. The van der Waals surface area contributed by atoms with Crippen molar-refractivity contribution in [3.05, 3.63) is 106 Å². The van der Waals surface area contributed by atoms with Crippen molar-refractivity contribution in [3.8, 4) is 0 Å². The molecule has 3 rings (SSSR count). The fraction of sp³-hybridized carbons (Fsp3) is 0.259. The molecule has 178 valence electrons. The zero-order valence-electron chi connectivity index (χ0n) is 19.0. The molecule has 3 aromatic rings. The molecule has 0 spiro atoms. The second-order valence-electron chi connectivity index (χ2n) is 7.87. The van der Waals surface area contributed by atoms with Crippen LogP contribution < -0.4 is 5.32 Å². The lowest BCUT2D eigenvalue weighted by molar-refractivity contribution is -0.139. The Morgan fingerprint density at radius 1 is 0.941 bits per heavy atom. The molecule has 0 radical (unpaired) electrons. The maximum atomic E-state index is 13.4. The molecule has 34 heavy (non-hydrogen) atoms. The van der Waals surface area contributed by atoms with Gasteiger partial charge in [0, 0.05) is 30.3 Å². The lowest BCUT2D eigenvalue weighted by atomic mass is 10.0. The van der Waals surface area contributed by atoms with E-state index in [4.69, 9.17) is 11.6 Å². The van der Waals surface area contributed by atoms with Crippen LogP contribution in [0.25, 0.3) is 0 Å². The predicted molar refractivity (Wildman–Crippen MR) is 137 cm³/mol. The molecule has 0 aliphatic heterocycles. The van der Waals surface area contributed by atoms with Gasteiger partial charge >= 0.3 is 0 Å². The lowest BCUT2D eigenvalue weighted by Gasteiger charge is -2.31. The van der Waals surface area contributed by atoms with Crippen LogP contribution in [-0.4, -0.2) is 35.1 Å². The topological polar surface area (TPSA) is 49.4 Å². The summed E-state index contributed by atoms with van der Waals surface area (Å²) in [5.74, 6) is 0.178. The summed E-state index contributed by atoms with van der Waals surface area (Å²) >= 11 is 7.48. The molecule has 0 aliphatic rings. The predicted octanol–water partition coefficient (Wildman–Crippen LogP) is 5.49. The third-order valence-electron chi connectivity index (χ3n) is 5.30. The van der Waals surface area contributed by atoms with E-state index in [9.17, 15) is 14.0 Å². The molecule has 0 unspecified atom stereocenters. The quantitative estimate of drug-likeness (QED) is 0.380. The number of nitrogens with zero attached hydrogens (tertiary/aromatic N) is 1. The minimum atomic E-state index is -0.656. The van der Waals surface area contributed by atoms with Crippen LogP contribution in [0.4, 0.5) is 4.39 Å². The van der Waals surface area contributed by atoms with Crippen LogP contribution in [0, 0.1) is 5.82 Å². The Bertz CT molecular complexity index is 1060. The number of halogens is 2. The van der Waals surface area contributed by atoms with Crippen LogP contribution in [0.2, 0.25) is 5.02 Å². The molecule has 0 saturated heterocycles. The van der Waals surface area contributed by atoms with Crippen molar-refractivity contribution in [1.82, 2.24) is 10.2 Å². The number of carbonyl (C=O) groups is 2. The zero-order valence-corrected chi connectivity index (χ0v) is 20.6. The Morgan fingerprint density at radius 3 is 2.24 bits per heavy atom. The fourth-order valence-corrected chi connectivity index (χ4v) is 4.55. The van der Waals surface area contributed by atoms with Crippen LogP contribution in [0.1, 0.15) is 23.6 Å². The molecule has 2 amide bonds. The van der Waals surface area contributed by atoms with Gasteiger partial charge in [-0.15, -0.1) is 11.8 Å². The van der Waals surface area contributed by atoms with Crippen LogP contribution >= 0.6 is 23.4 Å². The Balaban J connectivity index is 1.81. The monoisotopic (exact) mass is 498 g/mol. The third kappa shape index (κ3) is 7.89. The minimum Gasteiger partial charge on any atom is -0.355 e. The van der Waals surface area contributed by atoms with Gasteiger partial charge in [-0.2, -0.15) is 0 Å². The fourth-order valence-electron chi connectivity index (χ4n) is 3.55. The summed E-state index contributed by atoms with van der Waals surface area (Å²) in [5, 5.41) is 3.50. The summed E-state index contributed by atoms with van der Waals surface area (Å²) in [7, 11) is 0. The standard InChI is InChI=1S/C27H28ClFN2O2S/c1-2-30-27(33)25(16-20-6-4-3-5-7-20)31(17-21-8-12-23(28)13-9-21)26(32)19-34-18-22-10-14-24(29)15-11-22/h3-15,25H,2,16-19H2,1H3,(H,30,33)/t25-/m0/s1. The molecule has 1 N–H and O–H groups in total.